The lowest BCUT2D eigenvalue weighted by Crippen LogP contribution is -2.35. The number of hydrogen-bond acceptors (Lipinski definition) is 4. The van der Waals surface area contributed by atoms with Crippen molar-refractivity contribution in [1.82, 2.24) is 10.2 Å². The highest BCUT2D eigenvalue weighted by atomic mass is 16.5. The minimum atomic E-state index is 0.0390. The quantitative estimate of drug-likeness (QED) is 0.635. The highest BCUT2D eigenvalue weighted by molar-refractivity contribution is 5.77. The van der Waals surface area contributed by atoms with Crippen molar-refractivity contribution in [2.45, 2.75) is 39.5 Å². The number of hydrogen-bond donors (Lipinski definition) is 1. The molecule has 0 saturated carbocycles. The molecule has 1 aromatic rings. The van der Waals surface area contributed by atoms with E-state index in [0.717, 1.165) is 30.7 Å². The maximum atomic E-state index is 11.9. The van der Waals surface area contributed by atoms with Crippen LogP contribution in [-0.2, 0) is 27.4 Å². The summed E-state index contributed by atoms with van der Waals surface area (Å²) in [6, 6.07) is 8.14. The van der Waals surface area contributed by atoms with E-state index in [-0.39, 0.29) is 12.0 Å². The summed E-state index contributed by atoms with van der Waals surface area (Å²) in [4.78, 5) is 13.9. The summed E-state index contributed by atoms with van der Waals surface area (Å²) < 4.78 is 10.6. The Hall–Kier alpha value is -1.43. The Kier molecular flexibility index (Phi) is 9.52. The third-order valence-corrected chi connectivity index (χ3v) is 3.40. The summed E-state index contributed by atoms with van der Waals surface area (Å²) in [5.74, 6) is 0.0390. The minimum absolute atomic E-state index is 0.0390. The maximum Gasteiger partial charge on any atom is 0.234 e. The Morgan fingerprint density at radius 1 is 1.22 bits per heavy atom. The molecule has 130 valence electrons. The van der Waals surface area contributed by atoms with Crippen LogP contribution in [0.3, 0.4) is 0 Å². The highest BCUT2D eigenvalue weighted by Gasteiger charge is 2.06. The van der Waals surface area contributed by atoms with Crippen molar-refractivity contribution in [2.75, 3.05) is 33.9 Å². The molecule has 1 aromatic carbocycles. The molecule has 0 heterocycles. The Bertz CT molecular complexity index is 446. The van der Waals surface area contributed by atoms with Crippen molar-refractivity contribution in [3.63, 3.8) is 0 Å². The number of benzene rings is 1. The monoisotopic (exact) mass is 322 g/mol. The summed E-state index contributed by atoms with van der Waals surface area (Å²) >= 11 is 0. The van der Waals surface area contributed by atoms with Gasteiger partial charge in [0.2, 0.25) is 5.91 Å². The first-order valence-electron chi connectivity index (χ1n) is 8.15. The van der Waals surface area contributed by atoms with Gasteiger partial charge in [0.05, 0.1) is 19.3 Å². The predicted molar refractivity (Wildman–Crippen MR) is 92.2 cm³/mol. The molecular formula is C18H30N2O3. The van der Waals surface area contributed by atoms with Crippen LogP contribution in [0.2, 0.25) is 0 Å². The van der Waals surface area contributed by atoms with Crippen LogP contribution in [0.5, 0.6) is 0 Å². The van der Waals surface area contributed by atoms with Gasteiger partial charge in [-0.1, -0.05) is 24.3 Å². The number of carbonyl (C=O) groups excluding carboxylic acids is 1. The van der Waals surface area contributed by atoms with Crippen molar-refractivity contribution in [3.05, 3.63) is 35.4 Å². The van der Waals surface area contributed by atoms with E-state index < -0.39 is 0 Å². The molecule has 0 aliphatic heterocycles. The molecule has 0 atom stereocenters. The minimum Gasteiger partial charge on any atom is -0.385 e. The first-order valence-corrected chi connectivity index (χ1v) is 8.15. The van der Waals surface area contributed by atoms with Crippen molar-refractivity contribution < 1.29 is 14.3 Å². The van der Waals surface area contributed by atoms with E-state index in [1.807, 2.05) is 50.1 Å². The number of likely N-dealkylation sites (N-methyl/N-ethyl adjacent to an activating group) is 1. The van der Waals surface area contributed by atoms with E-state index in [9.17, 15) is 4.79 Å². The largest absolute Gasteiger partial charge is 0.385 e. The molecule has 0 aliphatic rings. The van der Waals surface area contributed by atoms with Crippen molar-refractivity contribution >= 4 is 5.91 Å². The second kappa shape index (κ2) is 11.2. The van der Waals surface area contributed by atoms with Gasteiger partial charge >= 0.3 is 0 Å². The lowest BCUT2D eigenvalue weighted by molar-refractivity contribution is -0.122. The van der Waals surface area contributed by atoms with Gasteiger partial charge in [-0.2, -0.15) is 0 Å². The van der Waals surface area contributed by atoms with Gasteiger partial charge in [-0.05, 0) is 38.4 Å². The zero-order chi connectivity index (χ0) is 17.1. The van der Waals surface area contributed by atoms with Crippen LogP contribution in [0.4, 0.5) is 0 Å². The molecule has 0 unspecified atom stereocenters. The van der Waals surface area contributed by atoms with E-state index >= 15 is 0 Å². The maximum absolute atomic E-state index is 11.9. The van der Waals surface area contributed by atoms with Crippen molar-refractivity contribution in [1.29, 1.82) is 0 Å². The molecular weight excluding hydrogens is 292 g/mol. The van der Waals surface area contributed by atoms with Gasteiger partial charge in [0, 0.05) is 26.8 Å². The number of amides is 1. The van der Waals surface area contributed by atoms with E-state index in [1.165, 1.54) is 0 Å². The zero-order valence-corrected chi connectivity index (χ0v) is 14.8. The molecule has 0 fully saturated rings. The zero-order valence-electron chi connectivity index (χ0n) is 14.8. The fourth-order valence-corrected chi connectivity index (χ4v) is 2.08. The normalized spacial score (nSPS) is 11.2. The fourth-order valence-electron chi connectivity index (χ4n) is 2.08. The van der Waals surface area contributed by atoms with Crippen LogP contribution in [0, 0.1) is 0 Å². The molecule has 0 aromatic heterocycles. The topological polar surface area (TPSA) is 50.8 Å². The Morgan fingerprint density at radius 3 is 2.48 bits per heavy atom. The summed E-state index contributed by atoms with van der Waals surface area (Å²) in [5.41, 5.74) is 2.24. The van der Waals surface area contributed by atoms with E-state index in [1.54, 1.807) is 7.11 Å². The lowest BCUT2D eigenvalue weighted by Gasteiger charge is -2.16. The molecule has 1 rings (SSSR count). The summed E-state index contributed by atoms with van der Waals surface area (Å²) in [6.45, 7) is 7.20. The van der Waals surface area contributed by atoms with Crippen LogP contribution in [-0.4, -0.2) is 50.8 Å². The molecule has 5 heteroatoms. The third kappa shape index (κ3) is 9.33. The molecule has 0 aliphatic carbocycles. The number of nitrogens with one attached hydrogen (secondary N) is 1. The lowest BCUT2D eigenvalue weighted by atomic mass is 10.1. The molecule has 0 spiro atoms. The van der Waals surface area contributed by atoms with E-state index in [0.29, 0.717) is 19.7 Å². The first-order chi connectivity index (χ1) is 11.0. The van der Waals surface area contributed by atoms with Crippen LogP contribution in [0.25, 0.3) is 0 Å². The van der Waals surface area contributed by atoms with Gasteiger partial charge in [0.25, 0.3) is 0 Å². The average molecular weight is 322 g/mol. The van der Waals surface area contributed by atoms with Crippen LogP contribution in [0.1, 0.15) is 31.4 Å². The van der Waals surface area contributed by atoms with Gasteiger partial charge in [0.1, 0.15) is 0 Å². The molecule has 0 saturated heterocycles. The number of ether oxygens (including phenoxy) is 2. The van der Waals surface area contributed by atoms with Gasteiger partial charge in [0.15, 0.2) is 0 Å². The first kappa shape index (κ1) is 19.6. The molecule has 5 nitrogen and oxygen atoms in total. The van der Waals surface area contributed by atoms with Crippen LogP contribution in [0.15, 0.2) is 24.3 Å². The van der Waals surface area contributed by atoms with Crippen LogP contribution < -0.4 is 5.32 Å². The smallest absolute Gasteiger partial charge is 0.234 e. The third-order valence-electron chi connectivity index (χ3n) is 3.40. The second-order valence-electron chi connectivity index (χ2n) is 6.04. The van der Waals surface area contributed by atoms with Gasteiger partial charge < -0.3 is 14.8 Å². The predicted octanol–water partition coefficient (Wildman–Crippen LogP) is 2.20. The Balaban J connectivity index is 2.27. The average Bonchev–Trinajstić information content (AvgIpc) is 2.52. The van der Waals surface area contributed by atoms with Gasteiger partial charge in [-0.15, -0.1) is 0 Å². The molecule has 0 radical (unpaired) electrons. The Labute approximate surface area is 140 Å². The van der Waals surface area contributed by atoms with Gasteiger partial charge in [-0.3, -0.25) is 9.69 Å². The molecule has 1 N–H and O–H groups in total. The van der Waals surface area contributed by atoms with E-state index in [4.69, 9.17) is 9.47 Å². The molecule has 23 heavy (non-hydrogen) atoms. The number of methoxy groups -OCH3 is 1. The highest BCUT2D eigenvalue weighted by Crippen LogP contribution is 2.07. The number of nitrogens with zero attached hydrogens (tertiary/aromatic N) is 1. The standard InChI is InChI=1S/C18H30N2O3/c1-15(2)23-14-17-8-6-16(7-9-17)12-19-18(21)13-20(3)10-5-11-22-4/h6-9,15H,5,10-14H2,1-4H3,(H,19,21). The van der Waals surface area contributed by atoms with Gasteiger partial charge in [-0.25, -0.2) is 0 Å². The number of carbonyl (C=O) groups is 1. The molecule has 0 bridgehead atoms. The van der Waals surface area contributed by atoms with Crippen molar-refractivity contribution in [2.24, 2.45) is 0 Å². The van der Waals surface area contributed by atoms with Crippen LogP contribution >= 0.6 is 0 Å². The summed E-state index contributed by atoms with van der Waals surface area (Å²) in [5, 5.41) is 2.95. The number of rotatable bonds is 11. The summed E-state index contributed by atoms with van der Waals surface area (Å²) in [6.07, 6.45) is 1.16. The second-order valence-corrected chi connectivity index (χ2v) is 6.04. The SMILES string of the molecule is COCCCN(C)CC(=O)NCc1ccc(COC(C)C)cc1. The summed E-state index contributed by atoms with van der Waals surface area (Å²) in [7, 11) is 3.63. The fraction of sp³-hybridized carbons (Fsp3) is 0.611. The molecule has 1 amide bonds. The van der Waals surface area contributed by atoms with Crippen molar-refractivity contribution in [3.8, 4) is 0 Å². The Morgan fingerprint density at radius 2 is 1.87 bits per heavy atom. The van der Waals surface area contributed by atoms with E-state index in [2.05, 4.69) is 5.32 Å².